The van der Waals surface area contributed by atoms with Gasteiger partial charge in [0.1, 0.15) is 23.5 Å². The Kier molecular flexibility index (Phi) is 5.43. The van der Waals surface area contributed by atoms with Gasteiger partial charge in [0.25, 0.3) is 5.91 Å². The fraction of sp³-hybridized carbons (Fsp3) is 0.263. The number of benzene rings is 1. The molecule has 0 spiro atoms. The zero-order chi connectivity index (χ0) is 20.3. The van der Waals surface area contributed by atoms with Crippen LogP contribution in [0.25, 0.3) is 0 Å². The van der Waals surface area contributed by atoms with Crippen molar-refractivity contribution >= 4 is 11.6 Å². The molecule has 0 aliphatic heterocycles. The van der Waals surface area contributed by atoms with Crippen LogP contribution in [0.4, 0.5) is 18.9 Å². The minimum absolute atomic E-state index is 0.103. The summed E-state index contributed by atoms with van der Waals surface area (Å²) < 4.78 is 40.2. The first kappa shape index (κ1) is 19.5. The van der Waals surface area contributed by atoms with E-state index in [-0.39, 0.29) is 11.6 Å². The van der Waals surface area contributed by atoms with Crippen LogP contribution in [0, 0.1) is 0 Å². The van der Waals surface area contributed by atoms with Gasteiger partial charge < -0.3 is 9.88 Å². The van der Waals surface area contributed by atoms with Crippen LogP contribution in [0.2, 0.25) is 0 Å². The highest BCUT2D eigenvalue weighted by atomic mass is 19.4. The number of rotatable bonds is 5. The molecule has 1 aromatic carbocycles. The highest BCUT2D eigenvalue weighted by Crippen LogP contribution is 2.27. The van der Waals surface area contributed by atoms with Crippen molar-refractivity contribution in [1.29, 1.82) is 0 Å². The summed E-state index contributed by atoms with van der Waals surface area (Å²) in [5.41, 5.74) is 0.0305. The molecule has 0 radical (unpaired) electrons. The van der Waals surface area contributed by atoms with Crippen molar-refractivity contribution in [2.45, 2.75) is 25.4 Å². The molecule has 0 fully saturated rings. The van der Waals surface area contributed by atoms with Gasteiger partial charge in [-0.05, 0) is 35.7 Å². The number of alkyl halides is 3. The molecule has 0 saturated heterocycles. The minimum Gasteiger partial charge on any atom is -0.321 e. The largest absolute Gasteiger partial charge is 0.433 e. The number of amides is 1. The fourth-order valence-corrected chi connectivity index (χ4v) is 2.72. The van der Waals surface area contributed by atoms with Crippen molar-refractivity contribution in [1.82, 2.24) is 19.7 Å². The molecule has 3 aromatic rings. The smallest absolute Gasteiger partial charge is 0.321 e. The Morgan fingerprint density at radius 2 is 1.96 bits per heavy atom. The molecule has 0 aliphatic rings. The number of aromatic nitrogens is 4. The first-order valence-corrected chi connectivity index (χ1v) is 8.52. The van der Waals surface area contributed by atoms with E-state index in [1.165, 1.54) is 6.07 Å². The van der Waals surface area contributed by atoms with E-state index < -0.39 is 17.8 Å². The van der Waals surface area contributed by atoms with Gasteiger partial charge in [0.15, 0.2) is 0 Å². The lowest BCUT2D eigenvalue weighted by molar-refractivity contribution is -0.141. The van der Waals surface area contributed by atoms with E-state index in [4.69, 9.17) is 0 Å². The molecule has 2 heterocycles. The summed E-state index contributed by atoms with van der Waals surface area (Å²) in [6, 6.07) is 10.4. The predicted octanol–water partition coefficient (Wildman–Crippen LogP) is 3.83. The summed E-state index contributed by atoms with van der Waals surface area (Å²) in [6.45, 7) is 2.02. The number of pyridine rings is 1. The number of nitrogens with one attached hydrogen (secondary N) is 1. The van der Waals surface area contributed by atoms with Gasteiger partial charge in [0.2, 0.25) is 0 Å². The Morgan fingerprint density at radius 3 is 2.64 bits per heavy atom. The number of nitrogens with zero attached hydrogens (tertiary/aromatic N) is 4. The van der Waals surface area contributed by atoms with Crippen LogP contribution >= 0.6 is 0 Å². The van der Waals surface area contributed by atoms with Crippen LogP contribution in [0.5, 0.6) is 0 Å². The highest BCUT2D eigenvalue weighted by Gasteiger charge is 2.32. The number of halogens is 3. The molecule has 0 unspecified atom stereocenters. The van der Waals surface area contributed by atoms with Gasteiger partial charge in [-0.15, -0.1) is 10.2 Å². The maximum Gasteiger partial charge on any atom is 0.433 e. The zero-order valence-corrected chi connectivity index (χ0v) is 15.2. The maximum atomic E-state index is 12.8. The van der Waals surface area contributed by atoms with Crippen molar-refractivity contribution in [3.8, 4) is 0 Å². The molecule has 6 nitrogen and oxygen atoms in total. The average Bonchev–Trinajstić information content (AvgIpc) is 3.06. The highest BCUT2D eigenvalue weighted by molar-refractivity contribution is 6.02. The Morgan fingerprint density at radius 1 is 1.21 bits per heavy atom. The van der Waals surface area contributed by atoms with Crippen LogP contribution in [0.3, 0.4) is 0 Å². The molecule has 2 aromatic heterocycles. The molecule has 0 bridgehead atoms. The molecule has 0 aliphatic carbocycles. The van der Waals surface area contributed by atoms with E-state index in [1.54, 1.807) is 24.5 Å². The van der Waals surface area contributed by atoms with E-state index in [9.17, 15) is 18.0 Å². The lowest BCUT2D eigenvalue weighted by atomic mass is 9.97. The predicted molar refractivity (Wildman–Crippen MR) is 96.8 cm³/mol. The molecule has 28 heavy (non-hydrogen) atoms. The quantitative estimate of drug-likeness (QED) is 0.720. The van der Waals surface area contributed by atoms with Crippen molar-refractivity contribution in [3.05, 3.63) is 71.6 Å². The second-order valence-corrected chi connectivity index (χ2v) is 6.45. The topological polar surface area (TPSA) is 72.7 Å². The van der Waals surface area contributed by atoms with Crippen LogP contribution in [0.15, 0.2) is 48.8 Å². The second-order valence-electron chi connectivity index (χ2n) is 6.45. The Labute approximate surface area is 159 Å². The Bertz CT molecular complexity index is 983. The Hall–Kier alpha value is -3.23. The number of carbonyl (C=O) groups is 1. The van der Waals surface area contributed by atoms with Crippen molar-refractivity contribution < 1.29 is 18.0 Å². The minimum atomic E-state index is -4.61. The van der Waals surface area contributed by atoms with E-state index in [0.29, 0.717) is 12.1 Å². The summed E-state index contributed by atoms with van der Waals surface area (Å²) in [7, 11) is 1.86. The summed E-state index contributed by atoms with van der Waals surface area (Å²) in [4.78, 5) is 15.7. The zero-order valence-electron chi connectivity index (χ0n) is 15.2. The fourth-order valence-electron chi connectivity index (χ4n) is 2.72. The van der Waals surface area contributed by atoms with E-state index in [0.717, 1.165) is 23.5 Å². The normalized spacial score (nSPS) is 12.6. The van der Waals surface area contributed by atoms with Gasteiger partial charge in [-0.1, -0.05) is 25.1 Å². The third-order valence-corrected chi connectivity index (χ3v) is 4.28. The molecular weight excluding hydrogens is 371 g/mol. The van der Waals surface area contributed by atoms with Gasteiger partial charge in [-0.2, -0.15) is 13.2 Å². The summed E-state index contributed by atoms with van der Waals surface area (Å²) in [5.74, 6) is 0.228. The second kappa shape index (κ2) is 7.79. The first-order valence-electron chi connectivity index (χ1n) is 8.52. The van der Waals surface area contributed by atoms with E-state index in [2.05, 4.69) is 20.5 Å². The number of hydrogen-bond donors (Lipinski definition) is 1. The summed E-state index contributed by atoms with van der Waals surface area (Å²) >= 11 is 0. The lowest BCUT2D eigenvalue weighted by Gasteiger charge is -2.13. The van der Waals surface area contributed by atoms with Crippen LogP contribution in [0.1, 0.15) is 40.4 Å². The molecule has 146 valence electrons. The van der Waals surface area contributed by atoms with Gasteiger partial charge in [0.05, 0.1) is 0 Å². The van der Waals surface area contributed by atoms with Crippen molar-refractivity contribution in [2.75, 3.05) is 5.32 Å². The van der Waals surface area contributed by atoms with E-state index >= 15 is 0 Å². The van der Waals surface area contributed by atoms with E-state index in [1.807, 2.05) is 24.6 Å². The lowest BCUT2D eigenvalue weighted by Crippen LogP contribution is -2.17. The monoisotopic (exact) mass is 389 g/mol. The number of aryl methyl sites for hydroxylation is 1. The number of carbonyl (C=O) groups excluding carboxylic acids is 1. The van der Waals surface area contributed by atoms with Crippen LogP contribution < -0.4 is 5.32 Å². The molecule has 1 N–H and O–H groups in total. The summed E-state index contributed by atoms with van der Waals surface area (Å²) in [5, 5.41) is 10.5. The third-order valence-electron chi connectivity index (χ3n) is 4.28. The molecule has 1 amide bonds. The number of anilines is 1. The van der Waals surface area contributed by atoms with Crippen LogP contribution in [-0.4, -0.2) is 25.7 Å². The first-order chi connectivity index (χ1) is 13.2. The van der Waals surface area contributed by atoms with Crippen LogP contribution in [-0.2, 0) is 19.6 Å². The van der Waals surface area contributed by atoms with Crippen molar-refractivity contribution in [3.63, 3.8) is 0 Å². The third kappa shape index (κ3) is 4.54. The molecule has 1 atom stereocenters. The van der Waals surface area contributed by atoms with Crippen molar-refractivity contribution in [2.24, 2.45) is 7.05 Å². The summed E-state index contributed by atoms with van der Waals surface area (Å²) in [6.07, 6.45) is -2.32. The van der Waals surface area contributed by atoms with Gasteiger partial charge in [-0.3, -0.25) is 4.79 Å². The van der Waals surface area contributed by atoms with Gasteiger partial charge >= 0.3 is 6.18 Å². The Balaban J connectivity index is 1.74. The standard InChI is InChI=1S/C19H18F3N5O/c1-12(9-17-26-23-11-27(17)2)13-5-3-6-14(10-13)24-18(28)15-7-4-8-16(25-15)19(20,21)22/h3-8,10-12H,9H2,1-2H3,(H,24,28)/t12-/m1/s1. The molecule has 9 heteroatoms. The van der Waals surface area contributed by atoms with Gasteiger partial charge in [0, 0.05) is 19.2 Å². The molecular formula is C19H18F3N5O. The molecule has 3 rings (SSSR count). The molecule has 0 saturated carbocycles. The maximum absolute atomic E-state index is 12.8. The SMILES string of the molecule is C[C@H](Cc1nncn1C)c1cccc(NC(=O)c2cccc(C(F)(F)F)n2)c1. The number of hydrogen-bond acceptors (Lipinski definition) is 4. The van der Waals surface area contributed by atoms with Gasteiger partial charge in [-0.25, -0.2) is 4.98 Å². The average molecular weight is 389 g/mol.